The Hall–Kier alpha value is -1.92. The Morgan fingerprint density at radius 3 is 2.24 bits per heavy atom. The molecule has 41 heavy (non-hydrogen) atoms. The van der Waals surface area contributed by atoms with Crippen LogP contribution in [0.5, 0.6) is 0 Å². The van der Waals surface area contributed by atoms with Gasteiger partial charge < -0.3 is 19.3 Å². The van der Waals surface area contributed by atoms with E-state index in [-0.39, 0.29) is 33.6 Å². The molecule has 0 aromatic rings. The molecule has 0 aromatic heterocycles. The Morgan fingerprint density at radius 1 is 0.927 bits per heavy atom. The minimum atomic E-state index is -0.962. The first kappa shape index (κ1) is 30.5. The monoisotopic (exact) mass is 568 g/mol. The Kier molecular flexibility index (Phi) is 7.30. The molecule has 0 spiro atoms. The van der Waals surface area contributed by atoms with E-state index in [4.69, 9.17) is 14.2 Å². The highest BCUT2D eigenvalue weighted by Gasteiger charge is 2.68. The molecule has 6 nitrogen and oxygen atoms in total. The van der Waals surface area contributed by atoms with Crippen molar-refractivity contribution >= 4 is 11.9 Å². The van der Waals surface area contributed by atoms with Gasteiger partial charge in [0, 0.05) is 18.9 Å². The summed E-state index contributed by atoms with van der Waals surface area (Å²) in [5.74, 6) is 0.0167. The average molecular weight is 569 g/mol. The molecule has 0 aliphatic heterocycles. The number of hydrogen-bond acceptors (Lipinski definition) is 6. The zero-order chi connectivity index (χ0) is 30.2. The third kappa shape index (κ3) is 4.09. The van der Waals surface area contributed by atoms with Crippen molar-refractivity contribution in [1.29, 1.82) is 0 Å². The fraction of sp³-hybridized carbons (Fsp3) is 0.771. The Bertz CT molecular complexity index is 1210. The summed E-state index contributed by atoms with van der Waals surface area (Å²) in [6.07, 6.45) is 12.7. The van der Waals surface area contributed by atoms with Gasteiger partial charge in [-0.2, -0.15) is 0 Å². The molecular formula is C35H52O6. The topological polar surface area (TPSA) is 82.1 Å². The van der Waals surface area contributed by atoms with Crippen LogP contribution in [0.25, 0.3) is 0 Å². The summed E-state index contributed by atoms with van der Waals surface area (Å²) in [6, 6.07) is 0. The van der Waals surface area contributed by atoms with Gasteiger partial charge in [-0.05, 0) is 105 Å². The summed E-state index contributed by atoms with van der Waals surface area (Å²) in [7, 11) is 3.16. The van der Waals surface area contributed by atoms with Crippen molar-refractivity contribution in [2.24, 2.45) is 33.0 Å². The molecule has 6 heteroatoms. The van der Waals surface area contributed by atoms with Gasteiger partial charge in [-0.15, -0.1) is 0 Å². The van der Waals surface area contributed by atoms with Gasteiger partial charge in [0.25, 0.3) is 0 Å². The fourth-order valence-electron chi connectivity index (χ4n) is 10.1. The number of carbonyl (C=O) groups is 2. The number of ether oxygens (including phenoxy) is 3. The predicted molar refractivity (Wildman–Crippen MR) is 159 cm³/mol. The highest BCUT2D eigenvalue weighted by atomic mass is 16.6. The third-order valence-corrected chi connectivity index (χ3v) is 13.1. The van der Waals surface area contributed by atoms with E-state index >= 15 is 0 Å². The van der Waals surface area contributed by atoms with E-state index < -0.39 is 23.2 Å². The number of allylic oxidation sites excluding steroid dienone is 3. The molecule has 228 valence electrons. The first-order valence-electron chi connectivity index (χ1n) is 15.8. The summed E-state index contributed by atoms with van der Waals surface area (Å²) in [5, 5.41) is 11.4. The maximum absolute atomic E-state index is 13.0. The highest BCUT2D eigenvalue weighted by molar-refractivity contribution is 5.76. The van der Waals surface area contributed by atoms with Crippen LogP contribution in [0, 0.1) is 33.0 Å². The van der Waals surface area contributed by atoms with Crippen LogP contribution in [-0.4, -0.2) is 49.1 Å². The van der Waals surface area contributed by atoms with Crippen molar-refractivity contribution in [1.82, 2.24) is 0 Å². The van der Waals surface area contributed by atoms with E-state index in [0.29, 0.717) is 18.8 Å². The van der Waals surface area contributed by atoms with E-state index in [1.165, 1.54) is 12.7 Å². The van der Waals surface area contributed by atoms with Gasteiger partial charge in [-0.1, -0.05) is 52.3 Å². The number of esters is 2. The van der Waals surface area contributed by atoms with E-state index in [9.17, 15) is 14.7 Å². The summed E-state index contributed by atoms with van der Waals surface area (Å²) in [4.78, 5) is 25.5. The molecule has 0 bridgehead atoms. The number of aliphatic hydroxyl groups excluding tert-OH is 1. The van der Waals surface area contributed by atoms with Gasteiger partial charge in [0.2, 0.25) is 0 Å². The lowest BCUT2D eigenvalue weighted by molar-refractivity contribution is -0.182. The predicted octanol–water partition coefficient (Wildman–Crippen LogP) is 6.86. The van der Waals surface area contributed by atoms with E-state index in [1.807, 2.05) is 19.9 Å². The lowest BCUT2D eigenvalue weighted by Gasteiger charge is -2.70. The van der Waals surface area contributed by atoms with Crippen LogP contribution in [0.1, 0.15) is 106 Å². The zero-order valence-corrected chi connectivity index (χ0v) is 26.8. The van der Waals surface area contributed by atoms with E-state index in [2.05, 4.69) is 46.8 Å². The number of aliphatic hydroxyl groups is 1. The first-order valence-corrected chi connectivity index (χ1v) is 15.8. The van der Waals surface area contributed by atoms with Crippen molar-refractivity contribution in [2.45, 2.75) is 124 Å². The van der Waals surface area contributed by atoms with Crippen molar-refractivity contribution in [3.8, 4) is 0 Å². The van der Waals surface area contributed by atoms with Gasteiger partial charge in [-0.3, -0.25) is 9.59 Å². The number of fused-ring (bicyclic) bond motifs is 7. The van der Waals surface area contributed by atoms with Crippen LogP contribution in [0.2, 0.25) is 0 Å². The minimum Gasteiger partial charge on any atom is -0.469 e. The SMILES string of the molecule is CCCC(=O)O[C@H]1C(O)C=C2C(=CC=C3[C@@]2(C)CC[C@@]2(C)[C@@H]4C[C@](C)(C(=O)OC)CC[C@]4(C)CC[C@]32C)[C@]1(C)OC. The molecule has 0 radical (unpaired) electrons. The smallest absolute Gasteiger partial charge is 0.311 e. The van der Waals surface area contributed by atoms with Gasteiger partial charge >= 0.3 is 11.9 Å². The van der Waals surface area contributed by atoms with Crippen LogP contribution >= 0.6 is 0 Å². The Labute approximate surface area is 247 Å². The lowest BCUT2D eigenvalue weighted by atomic mass is 9.34. The Balaban J connectivity index is 1.59. The van der Waals surface area contributed by atoms with E-state index in [0.717, 1.165) is 56.1 Å². The van der Waals surface area contributed by atoms with Crippen molar-refractivity contribution < 1.29 is 28.9 Å². The molecule has 5 aliphatic rings. The minimum absolute atomic E-state index is 0.0169. The second-order valence-electron chi connectivity index (χ2n) is 15.2. The largest absolute Gasteiger partial charge is 0.469 e. The van der Waals surface area contributed by atoms with Crippen LogP contribution in [0.4, 0.5) is 0 Å². The molecule has 1 N–H and O–H groups in total. The normalized spacial score (nSPS) is 46.9. The molecule has 3 fully saturated rings. The zero-order valence-electron chi connectivity index (χ0n) is 26.8. The summed E-state index contributed by atoms with van der Waals surface area (Å²) in [5.41, 5.74) is 1.99. The van der Waals surface area contributed by atoms with Crippen LogP contribution in [-0.2, 0) is 23.8 Å². The van der Waals surface area contributed by atoms with Crippen LogP contribution in [0.15, 0.2) is 34.9 Å². The third-order valence-electron chi connectivity index (χ3n) is 13.1. The summed E-state index contributed by atoms with van der Waals surface area (Å²) >= 11 is 0. The molecule has 0 saturated heterocycles. The van der Waals surface area contributed by atoms with E-state index in [1.54, 1.807) is 7.11 Å². The molecule has 3 saturated carbocycles. The fourth-order valence-corrected chi connectivity index (χ4v) is 10.1. The highest BCUT2D eigenvalue weighted by Crippen LogP contribution is 2.75. The number of hydrogen-bond donors (Lipinski definition) is 1. The van der Waals surface area contributed by atoms with Gasteiger partial charge in [0.15, 0.2) is 6.10 Å². The lowest BCUT2D eigenvalue weighted by Crippen LogP contribution is -2.63. The molecule has 0 heterocycles. The average Bonchev–Trinajstić information content (AvgIpc) is 2.93. The maximum Gasteiger partial charge on any atom is 0.311 e. The quantitative estimate of drug-likeness (QED) is 0.365. The molecular weight excluding hydrogens is 516 g/mol. The first-order chi connectivity index (χ1) is 19.1. The molecule has 0 aromatic carbocycles. The molecule has 1 unspecified atom stereocenters. The maximum atomic E-state index is 13.0. The summed E-state index contributed by atoms with van der Waals surface area (Å²) in [6.45, 7) is 15.7. The molecule has 0 amide bonds. The van der Waals surface area contributed by atoms with Gasteiger partial charge in [0.05, 0.1) is 12.5 Å². The van der Waals surface area contributed by atoms with Gasteiger partial charge in [0.1, 0.15) is 11.7 Å². The molecule has 5 rings (SSSR count). The second-order valence-corrected chi connectivity index (χ2v) is 15.2. The molecule has 9 atom stereocenters. The second kappa shape index (κ2) is 9.80. The van der Waals surface area contributed by atoms with Crippen molar-refractivity contribution in [3.05, 3.63) is 34.9 Å². The van der Waals surface area contributed by atoms with Crippen molar-refractivity contribution in [3.63, 3.8) is 0 Å². The summed E-state index contributed by atoms with van der Waals surface area (Å²) < 4.78 is 17.3. The number of methoxy groups -OCH3 is 2. The van der Waals surface area contributed by atoms with Crippen LogP contribution in [0.3, 0.4) is 0 Å². The Morgan fingerprint density at radius 2 is 1.61 bits per heavy atom. The number of rotatable bonds is 5. The molecule has 5 aliphatic carbocycles. The standard InChI is InChI=1S/C35H52O6/c1-10-11-27(37)41-28-24(36)20-23-22(35(28,7)40-9)12-13-25-32(23,4)17-19-34(6)26-21-31(3,29(38)39-8)15-14-30(26,2)16-18-33(25,34)5/h12-13,20,24,26,28,36H,10-11,14-19,21H2,1-9H3/t24?,26-,28+,30-,31-,32+,33-,34+,35+/m1/s1. The van der Waals surface area contributed by atoms with Gasteiger partial charge in [-0.25, -0.2) is 0 Å². The van der Waals surface area contributed by atoms with Crippen LogP contribution < -0.4 is 0 Å². The number of carbonyl (C=O) groups excluding carboxylic acids is 2. The van der Waals surface area contributed by atoms with Crippen molar-refractivity contribution in [2.75, 3.05) is 14.2 Å².